The van der Waals surface area contributed by atoms with Gasteiger partial charge in [0.05, 0.1) is 5.60 Å². The highest BCUT2D eigenvalue weighted by atomic mass is 79.9. The van der Waals surface area contributed by atoms with E-state index in [0.717, 1.165) is 20.9 Å². The molecule has 0 atom stereocenters. The molecule has 0 saturated carbocycles. The van der Waals surface area contributed by atoms with E-state index in [1.807, 2.05) is 52.1 Å². The Hall–Kier alpha value is -1.82. The first-order chi connectivity index (χ1) is 12.9. The summed E-state index contributed by atoms with van der Waals surface area (Å²) in [5.41, 5.74) is 1.000. The van der Waals surface area contributed by atoms with Crippen LogP contribution in [0.25, 0.3) is 10.9 Å². The molecule has 27 heavy (non-hydrogen) atoms. The van der Waals surface area contributed by atoms with Crippen LogP contribution in [0.3, 0.4) is 0 Å². The molecule has 1 N–H and O–H groups in total. The predicted molar refractivity (Wildman–Crippen MR) is 111 cm³/mol. The average molecular weight is 448 g/mol. The Morgan fingerprint density at radius 1 is 1.11 bits per heavy atom. The number of fused-ring (bicyclic) bond motifs is 1. The van der Waals surface area contributed by atoms with Gasteiger partial charge in [0, 0.05) is 34.3 Å². The van der Waals surface area contributed by atoms with Crippen molar-refractivity contribution in [2.75, 3.05) is 13.1 Å². The predicted octanol–water partition coefficient (Wildman–Crippen LogP) is 4.57. The van der Waals surface area contributed by atoms with Gasteiger partial charge in [-0.3, -0.25) is 4.79 Å². The van der Waals surface area contributed by atoms with Crippen molar-refractivity contribution in [3.63, 3.8) is 0 Å². The van der Waals surface area contributed by atoms with Crippen molar-refractivity contribution in [2.24, 2.45) is 0 Å². The van der Waals surface area contributed by atoms with Gasteiger partial charge in [-0.05, 0) is 54.1 Å². The topological polar surface area (TPSA) is 45.5 Å². The van der Waals surface area contributed by atoms with Crippen molar-refractivity contribution >= 4 is 44.3 Å². The normalized spacial score (nSPS) is 16.6. The number of nitrogens with zero attached hydrogens (tertiary/aromatic N) is 2. The molecule has 4 rings (SSSR count). The molecule has 0 aliphatic carbocycles. The van der Waals surface area contributed by atoms with E-state index >= 15 is 0 Å². The van der Waals surface area contributed by atoms with E-state index in [1.165, 1.54) is 0 Å². The first-order valence-corrected chi connectivity index (χ1v) is 10.1. The molecule has 140 valence electrons. The molecule has 3 aromatic rings. The summed E-state index contributed by atoms with van der Waals surface area (Å²) in [6.07, 6.45) is 3.00. The molecule has 2 aromatic carbocycles. The van der Waals surface area contributed by atoms with Gasteiger partial charge in [-0.2, -0.15) is 0 Å². The number of carbonyl (C=O) groups is 1. The van der Waals surface area contributed by atoms with Crippen LogP contribution in [0.1, 0.15) is 18.4 Å². The second kappa shape index (κ2) is 7.30. The number of aliphatic hydroxyl groups is 1. The van der Waals surface area contributed by atoms with Gasteiger partial charge in [-0.25, -0.2) is 0 Å². The van der Waals surface area contributed by atoms with Gasteiger partial charge in [0.15, 0.2) is 0 Å². The lowest BCUT2D eigenvalue weighted by atomic mass is 9.84. The smallest absolute Gasteiger partial charge is 0.242 e. The van der Waals surface area contributed by atoms with Crippen LogP contribution in [0.15, 0.2) is 59.2 Å². The molecule has 4 nitrogen and oxygen atoms in total. The molecule has 1 saturated heterocycles. The highest BCUT2D eigenvalue weighted by Crippen LogP contribution is 2.33. The summed E-state index contributed by atoms with van der Waals surface area (Å²) < 4.78 is 2.97. The number of hydrogen-bond donors (Lipinski definition) is 1. The van der Waals surface area contributed by atoms with E-state index in [0.29, 0.717) is 37.5 Å². The van der Waals surface area contributed by atoms with Crippen LogP contribution >= 0.6 is 27.5 Å². The van der Waals surface area contributed by atoms with Crippen LogP contribution in [0.4, 0.5) is 0 Å². The van der Waals surface area contributed by atoms with Gasteiger partial charge in [0.2, 0.25) is 5.91 Å². The number of likely N-dealkylation sites (tertiary alicyclic amines) is 1. The van der Waals surface area contributed by atoms with Gasteiger partial charge in [0.1, 0.15) is 6.54 Å². The first-order valence-electron chi connectivity index (χ1n) is 8.95. The molecule has 0 bridgehead atoms. The van der Waals surface area contributed by atoms with Crippen LogP contribution < -0.4 is 0 Å². The van der Waals surface area contributed by atoms with E-state index in [1.54, 1.807) is 12.1 Å². The average Bonchev–Trinajstić information content (AvgIpc) is 3.04. The highest BCUT2D eigenvalue weighted by molar-refractivity contribution is 9.10. The van der Waals surface area contributed by atoms with Crippen molar-refractivity contribution in [1.29, 1.82) is 0 Å². The van der Waals surface area contributed by atoms with E-state index in [2.05, 4.69) is 15.9 Å². The minimum atomic E-state index is -0.896. The number of aromatic nitrogens is 1. The van der Waals surface area contributed by atoms with Gasteiger partial charge >= 0.3 is 0 Å². The molecule has 2 heterocycles. The van der Waals surface area contributed by atoms with Gasteiger partial charge in [0.25, 0.3) is 0 Å². The maximum atomic E-state index is 12.8. The number of hydrogen-bond acceptors (Lipinski definition) is 2. The zero-order valence-electron chi connectivity index (χ0n) is 14.7. The fraction of sp³-hybridized carbons (Fsp3) is 0.286. The highest BCUT2D eigenvalue weighted by Gasteiger charge is 2.35. The lowest BCUT2D eigenvalue weighted by Crippen LogP contribution is -2.46. The number of amides is 1. The summed E-state index contributed by atoms with van der Waals surface area (Å²) >= 11 is 9.43. The molecule has 0 unspecified atom stereocenters. The zero-order valence-corrected chi connectivity index (χ0v) is 17.1. The molecule has 0 radical (unpaired) electrons. The second-order valence-corrected chi connectivity index (χ2v) is 8.42. The third-order valence-corrected chi connectivity index (χ3v) is 6.11. The Bertz CT molecular complexity index is 976. The molecule has 1 aliphatic heterocycles. The van der Waals surface area contributed by atoms with Crippen molar-refractivity contribution in [3.05, 3.63) is 69.8 Å². The Balaban J connectivity index is 1.44. The van der Waals surface area contributed by atoms with Crippen LogP contribution in [-0.4, -0.2) is 33.6 Å². The largest absolute Gasteiger partial charge is 0.385 e. The van der Waals surface area contributed by atoms with Crippen molar-refractivity contribution in [2.45, 2.75) is 25.0 Å². The molecule has 1 amide bonds. The summed E-state index contributed by atoms with van der Waals surface area (Å²) in [7, 11) is 0. The Morgan fingerprint density at radius 2 is 1.81 bits per heavy atom. The number of halogens is 2. The molecular formula is C21H20BrClN2O2. The molecule has 0 spiro atoms. The Kier molecular flexibility index (Phi) is 5.01. The summed E-state index contributed by atoms with van der Waals surface area (Å²) in [6.45, 7) is 1.39. The fourth-order valence-corrected chi connectivity index (χ4v) is 4.19. The summed E-state index contributed by atoms with van der Waals surface area (Å²) in [6, 6.07) is 15.4. The maximum absolute atomic E-state index is 12.8. The Morgan fingerprint density at radius 3 is 2.52 bits per heavy atom. The number of carbonyl (C=O) groups excluding carboxylic acids is 1. The zero-order chi connectivity index (χ0) is 19.0. The number of rotatable bonds is 3. The maximum Gasteiger partial charge on any atom is 0.242 e. The third kappa shape index (κ3) is 3.77. The van der Waals surface area contributed by atoms with Crippen LogP contribution in [0.2, 0.25) is 5.02 Å². The quantitative estimate of drug-likeness (QED) is 0.639. The third-order valence-electron chi connectivity index (χ3n) is 5.37. The van der Waals surface area contributed by atoms with E-state index in [-0.39, 0.29) is 5.91 Å². The van der Waals surface area contributed by atoms with Crippen molar-refractivity contribution < 1.29 is 9.90 Å². The summed E-state index contributed by atoms with van der Waals surface area (Å²) in [5.74, 6) is 0.0747. The minimum Gasteiger partial charge on any atom is -0.385 e. The van der Waals surface area contributed by atoms with Gasteiger partial charge in [-0.1, -0.05) is 45.7 Å². The van der Waals surface area contributed by atoms with Crippen LogP contribution in [0.5, 0.6) is 0 Å². The minimum absolute atomic E-state index is 0.0747. The lowest BCUT2D eigenvalue weighted by Gasteiger charge is -2.38. The second-order valence-electron chi connectivity index (χ2n) is 7.07. The lowest BCUT2D eigenvalue weighted by molar-refractivity contribution is -0.136. The van der Waals surface area contributed by atoms with Crippen LogP contribution in [-0.2, 0) is 16.9 Å². The standard InChI is InChI=1S/C21H20BrClN2O2/c22-17-4-1-15-7-10-25(19(15)13-17)14-20(26)24-11-8-21(27,9-12-24)16-2-5-18(23)6-3-16/h1-7,10,13,27H,8-9,11-12,14H2. The molecule has 1 aromatic heterocycles. The van der Waals surface area contributed by atoms with E-state index < -0.39 is 5.60 Å². The summed E-state index contributed by atoms with van der Waals surface area (Å²) in [5, 5.41) is 12.7. The SMILES string of the molecule is O=C(Cn1ccc2ccc(Br)cc21)N1CCC(O)(c2ccc(Cl)cc2)CC1. The number of benzene rings is 2. The monoisotopic (exact) mass is 446 g/mol. The van der Waals surface area contributed by atoms with Crippen molar-refractivity contribution in [1.82, 2.24) is 9.47 Å². The molecule has 6 heteroatoms. The van der Waals surface area contributed by atoms with Crippen LogP contribution in [0, 0.1) is 0 Å². The van der Waals surface area contributed by atoms with Crippen molar-refractivity contribution in [3.8, 4) is 0 Å². The molecular weight excluding hydrogens is 428 g/mol. The molecule has 1 aliphatic rings. The number of piperidine rings is 1. The first kappa shape index (κ1) is 18.5. The van der Waals surface area contributed by atoms with E-state index in [4.69, 9.17) is 11.6 Å². The van der Waals surface area contributed by atoms with E-state index in [9.17, 15) is 9.90 Å². The fourth-order valence-electron chi connectivity index (χ4n) is 3.72. The van der Waals surface area contributed by atoms with Gasteiger partial charge in [-0.15, -0.1) is 0 Å². The molecule has 1 fully saturated rings. The Labute approximate surface area is 171 Å². The summed E-state index contributed by atoms with van der Waals surface area (Å²) in [4.78, 5) is 14.6. The van der Waals surface area contributed by atoms with Gasteiger partial charge < -0.3 is 14.6 Å².